The van der Waals surface area contributed by atoms with Gasteiger partial charge in [-0.3, -0.25) is 0 Å². The number of esters is 1. The predicted octanol–water partition coefficient (Wildman–Crippen LogP) is -0.921. The molecule has 0 aliphatic carbocycles. The SMILES string of the molecule is CC(C)=CC[C@@]1(O)C(=O)O[C@@H]2[C@@H](O)CO[C@@]21O. The van der Waals surface area contributed by atoms with E-state index in [9.17, 15) is 20.1 Å². The lowest BCUT2D eigenvalue weighted by atomic mass is 9.87. The second-order valence-corrected chi connectivity index (χ2v) is 4.75. The van der Waals surface area contributed by atoms with Crippen LogP contribution in [0, 0.1) is 0 Å². The monoisotopic (exact) mass is 244 g/mol. The summed E-state index contributed by atoms with van der Waals surface area (Å²) >= 11 is 0. The molecule has 4 atom stereocenters. The zero-order valence-electron chi connectivity index (χ0n) is 9.71. The van der Waals surface area contributed by atoms with Gasteiger partial charge < -0.3 is 24.8 Å². The predicted molar refractivity (Wildman–Crippen MR) is 55.8 cm³/mol. The topological polar surface area (TPSA) is 96.2 Å². The van der Waals surface area contributed by atoms with Gasteiger partial charge in [-0.15, -0.1) is 0 Å². The molecule has 2 aliphatic rings. The quantitative estimate of drug-likeness (QED) is 0.429. The van der Waals surface area contributed by atoms with E-state index in [1.165, 1.54) is 0 Å². The van der Waals surface area contributed by atoms with Crippen LogP contribution in [0.5, 0.6) is 0 Å². The van der Waals surface area contributed by atoms with Gasteiger partial charge in [-0.25, -0.2) is 4.79 Å². The number of fused-ring (bicyclic) bond motifs is 1. The molecule has 0 bridgehead atoms. The minimum Gasteiger partial charge on any atom is -0.451 e. The molecule has 0 unspecified atom stereocenters. The van der Waals surface area contributed by atoms with E-state index in [-0.39, 0.29) is 13.0 Å². The minimum absolute atomic E-state index is 0.117. The van der Waals surface area contributed by atoms with Gasteiger partial charge in [0.15, 0.2) is 6.10 Å². The van der Waals surface area contributed by atoms with Crippen molar-refractivity contribution < 1.29 is 29.6 Å². The molecule has 0 amide bonds. The average molecular weight is 244 g/mol. The largest absolute Gasteiger partial charge is 0.451 e. The molecule has 0 radical (unpaired) electrons. The Balaban J connectivity index is 2.33. The van der Waals surface area contributed by atoms with E-state index in [2.05, 4.69) is 0 Å². The van der Waals surface area contributed by atoms with Crippen molar-refractivity contribution in [1.82, 2.24) is 0 Å². The highest BCUT2D eigenvalue weighted by Gasteiger charge is 2.72. The van der Waals surface area contributed by atoms with Gasteiger partial charge in [0, 0.05) is 6.42 Å². The summed E-state index contributed by atoms with van der Waals surface area (Å²) in [5.41, 5.74) is -1.27. The normalized spacial score (nSPS) is 44.4. The van der Waals surface area contributed by atoms with Gasteiger partial charge in [-0.1, -0.05) is 11.6 Å². The van der Waals surface area contributed by atoms with Crippen molar-refractivity contribution in [3.05, 3.63) is 11.6 Å². The van der Waals surface area contributed by atoms with Crippen molar-refractivity contribution in [2.45, 2.75) is 43.9 Å². The van der Waals surface area contributed by atoms with Crippen molar-refractivity contribution in [1.29, 1.82) is 0 Å². The second kappa shape index (κ2) is 3.78. The molecule has 6 heteroatoms. The molecule has 0 aromatic heterocycles. The zero-order chi connectivity index (χ0) is 12.8. The van der Waals surface area contributed by atoms with Gasteiger partial charge in [0.05, 0.1) is 6.61 Å². The number of carbonyl (C=O) groups is 1. The Kier molecular flexibility index (Phi) is 2.78. The Morgan fingerprint density at radius 1 is 1.53 bits per heavy atom. The van der Waals surface area contributed by atoms with Crippen molar-refractivity contribution >= 4 is 5.97 Å². The highest BCUT2D eigenvalue weighted by molar-refractivity contribution is 5.84. The molecule has 2 rings (SSSR count). The maximum absolute atomic E-state index is 11.6. The molecular weight excluding hydrogens is 228 g/mol. The number of carbonyl (C=O) groups excluding carboxylic acids is 1. The number of rotatable bonds is 2. The van der Waals surface area contributed by atoms with Crippen LogP contribution >= 0.6 is 0 Å². The van der Waals surface area contributed by atoms with E-state index in [0.717, 1.165) is 5.57 Å². The van der Waals surface area contributed by atoms with Crippen LogP contribution in [0.1, 0.15) is 20.3 Å². The number of hydrogen-bond donors (Lipinski definition) is 3. The Hall–Kier alpha value is -0.950. The fourth-order valence-corrected chi connectivity index (χ4v) is 2.10. The first-order valence-corrected chi connectivity index (χ1v) is 5.42. The molecule has 17 heavy (non-hydrogen) atoms. The summed E-state index contributed by atoms with van der Waals surface area (Å²) in [7, 11) is 0. The fraction of sp³-hybridized carbons (Fsp3) is 0.727. The minimum atomic E-state index is -2.17. The van der Waals surface area contributed by atoms with E-state index in [1.54, 1.807) is 19.9 Å². The lowest BCUT2D eigenvalue weighted by Gasteiger charge is -2.30. The first-order chi connectivity index (χ1) is 7.81. The number of aliphatic hydroxyl groups is 3. The first kappa shape index (κ1) is 12.5. The lowest BCUT2D eigenvalue weighted by Crippen LogP contribution is -2.57. The number of allylic oxidation sites excluding steroid dienone is 1. The van der Waals surface area contributed by atoms with Gasteiger partial charge in [-0.05, 0) is 13.8 Å². The van der Waals surface area contributed by atoms with Gasteiger partial charge in [0.2, 0.25) is 11.4 Å². The molecule has 0 aromatic rings. The van der Waals surface area contributed by atoms with E-state index in [1.807, 2.05) is 0 Å². The molecule has 96 valence electrons. The summed E-state index contributed by atoms with van der Waals surface area (Å²) in [5.74, 6) is -3.14. The molecular formula is C11H16O6. The summed E-state index contributed by atoms with van der Waals surface area (Å²) in [6, 6.07) is 0. The van der Waals surface area contributed by atoms with Crippen molar-refractivity contribution in [2.75, 3.05) is 6.61 Å². The van der Waals surface area contributed by atoms with Crippen molar-refractivity contribution in [3.8, 4) is 0 Å². The van der Waals surface area contributed by atoms with Crippen LogP contribution in [0.3, 0.4) is 0 Å². The standard InChI is InChI=1S/C11H16O6/c1-6(2)3-4-10(14)9(13)17-8-7(12)5-16-11(8,10)15/h3,7-8,12,14-15H,4-5H2,1-2H3/t7-,8+,10+,11-/m0/s1. The Labute approximate surface area is 98.5 Å². The molecule has 2 heterocycles. The van der Waals surface area contributed by atoms with Crippen LogP contribution in [0.25, 0.3) is 0 Å². The van der Waals surface area contributed by atoms with Crippen LogP contribution in [-0.2, 0) is 14.3 Å². The molecule has 3 N–H and O–H groups in total. The van der Waals surface area contributed by atoms with E-state index >= 15 is 0 Å². The molecule has 2 fully saturated rings. The Morgan fingerprint density at radius 2 is 2.18 bits per heavy atom. The smallest absolute Gasteiger partial charge is 0.344 e. The maximum Gasteiger partial charge on any atom is 0.344 e. The number of ether oxygens (including phenoxy) is 2. The van der Waals surface area contributed by atoms with Crippen LogP contribution in [0.2, 0.25) is 0 Å². The van der Waals surface area contributed by atoms with Gasteiger partial charge in [0.25, 0.3) is 0 Å². The summed E-state index contributed by atoms with van der Waals surface area (Å²) < 4.78 is 9.78. The Bertz CT molecular complexity index is 374. The van der Waals surface area contributed by atoms with E-state index in [4.69, 9.17) is 9.47 Å². The number of hydrogen-bond acceptors (Lipinski definition) is 6. The lowest BCUT2D eigenvalue weighted by molar-refractivity contribution is -0.261. The summed E-state index contributed by atoms with van der Waals surface area (Å²) in [4.78, 5) is 11.6. The third-order valence-corrected chi connectivity index (χ3v) is 3.18. The molecule has 0 spiro atoms. The molecule has 2 aliphatic heterocycles. The molecule has 0 saturated carbocycles. The average Bonchev–Trinajstić information content (AvgIpc) is 2.64. The third kappa shape index (κ3) is 1.60. The molecule has 6 nitrogen and oxygen atoms in total. The van der Waals surface area contributed by atoms with Crippen molar-refractivity contribution in [3.63, 3.8) is 0 Å². The first-order valence-electron chi connectivity index (χ1n) is 5.42. The molecule has 0 aromatic carbocycles. The fourth-order valence-electron chi connectivity index (χ4n) is 2.10. The van der Waals surface area contributed by atoms with E-state index in [0.29, 0.717) is 0 Å². The van der Waals surface area contributed by atoms with Gasteiger partial charge in [-0.2, -0.15) is 0 Å². The Morgan fingerprint density at radius 3 is 2.76 bits per heavy atom. The second-order valence-electron chi connectivity index (χ2n) is 4.75. The highest BCUT2D eigenvalue weighted by atomic mass is 16.7. The zero-order valence-corrected chi connectivity index (χ0v) is 9.71. The summed E-state index contributed by atoms with van der Waals surface area (Å²) in [5, 5.41) is 30.0. The summed E-state index contributed by atoms with van der Waals surface area (Å²) in [6.07, 6.45) is -0.862. The van der Waals surface area contributed by atoms with Gasteiger partial charge in [0.1, 0.15) is 6.10 Å². The van der Waals surface area contributed by atoms with Crippen LogP contribution in [0.15, 0.2) is 11.6 Å². The van der Waals surface area contributed by atoms with Crippen molar-refractivity contribution in [2.24, 2.45) is 0 Å². The highest BCUT2D eigenvalue weighted by Crippen LogP contribution is 2.45. The van der Waals surface area contributed by atoms with Gasteiger partial charge >= 0.3 is 5.97 Å². The third-order valence-electron chi connectivity index (χ3n) is 3.18. The van der Waals surface area contributed by atoms with Crippen LogP contribution in [-0.4, -0.2) is 51.5 Å². The van der Waals surface area contributed by atoms with Crippen LogP contribution in [0.4, 0.5) is 0 Å². The van der Waals surface area contributed by atoms with E-state index < -0.39 is 29.6 Å². The molecule has 2 saturated heterocycles. The number of aliphatic hydroxyl groups excluding tert-OH is 1. The maximum atomic E-state index is 11.6. The van der Waals surface area contributed by atoms with Crippen LogP contribution < -0.4 is 0 Å². The summed E-state index contributed by atoms with van der Waals surface area (Å²) in [6.45, 7) is 3.43.